The Morgan fingerprint density at radius 2 is 2.31 bits per heavy atom. The molecule has 0 amide bonds. The van der Waals surface area contributed by atoms with Crippen LogP contribution in [0, 0.1) is 0 Å². The number of nitrogen functional groups attached to an aromatic ring is 1. The highest BCUT2D eigenvalue weighted by molar-refractivity contribution is 9.10. The molecule has 16 heavy (non-hydrogen) atoms. The Hall–Kier alpha value is -1.69. The van der Waals surface area contributed by atoms with Gasteiger partial charge in [-0.2, -0.15) is 10.2 Å². The van der Waals surface area contributed by atoms with E-state index in [4.69, 9.17) is 10.5 Å². The van der Waals surface area contributed by atoms with E-state index in [0.29, 0.717) is 18.2 Å². The minimum absolute atomic E-state index is 0.316. The van der Waals surface area contributed by atoms with Crippen molar-refractivity contribution in [3.05, 3.63) is 40.8 Å². The number of ether oxygens (including phenoxy) is 1. The number of aromatic nitrogens is 3. The Balaban J connectivity index is 2.08. The second kappa shape index (κ2) is 4.89. The molecular formula is C10H9BrN4O. The molecule has 0 aliphatic carbocycles. The maximum Gasteiger partial charge on any atom is 0.166 e. The van der Waals surface area contributed by atoms with E-state index in [1.54, 1.807) is 24.5 Å². The van der Waals surface area contributed by atoms with Crippen LogP contribution in [0.5, 0.6) is 5.75 Å². The zero-order chi connectivity index (χ0) is 11.4. The summed E-state index contributed by atoms with van der Waals surface area (Å²) in [6.07, 6.45) is 3.23. The van der Waals surface area contributed by atoms with Crippen molar-refractivity contribution in [1.82, 2.24) is 15.2 Å². The summed E-state index contributed by atoms with van der Waals surface area (Å²) >= 11 is 3.30. The third-order valence-electron chi connectivity index (χ3n) is 1.85. The molecule has 2 heterocycles. The molecule has 0 radical (unpaired) electrons. The van der Waals surface area contributed by atoms with E-state index >= 15 is 0 Å². The van der Waals surface area contributed by atoms with Crippen LogP contribution in [-0.4, -0.2) is 15.2 Å². The quantitative estimate of drug-likeness (QED) is 0.928. The topological polar surface area (TPSA) is 73.9 Å². The molecule has 2 aromatic rings. The van der Waals surface area contributed by atoms with Crippen molar-refractivity contribution in [2.45, 2.75) is 6.61 Å². The van der Waals surface area contributed by atoms with Gasteiger partial charge in [0.15, 0.2) is 11.6 Å². The number of hydrogen-bond donors (Lipinski definition) is 1. The molecule has 0 saturated carbocycles. The zero-order valence-corrected chi connectivity index (χ0v) is 9.89. The smallest absolute Gasteiger partial charge is 0.166 e. The van der Waals surface area contributed by atoms with E-state index in [-0.39, 0.29) is 0 Å². The number of halogens is 1. The molecule has 0 aromatic carbocycles. The first-order chi connectivity index (χ1) is 7.75. The van der Waals surface area contributed by atoms with Crippen LogP contribution >= 0.6 is 15.9 Å². The van der Waals surface area contributed by atoms with Crippen LogP contribution in [-0.2, 0) is 6.61 Å². The lowest BCUT2D eigenvalue weighted by atomic mass is 10.4. The first-order valence-electron chi connectivity index (χ1n) is 4.56. The van der Waals surface area contributed by atoms with Gasteiger partial charge in [0.05, 0.1) is 0 Å². The molecule has 0 bridgehead atoms. The molecule has 2 N–H and O–H groups in total. The lowest BCUT2D eigenvalue weighted by Gasteiger charge is -2.07. The van der Waals surface area contributed by atoms with Crippen LogP contribution in [0.4, 0.5) is 5.82 Å². The highest BCUT2D eigenvalue weighted by atomic mass is 79.9. The lowest BCUT2D eigenvalue weighted by molar-refractivity contribution is 0.300. The van der Waals surface area contributed by atoms with Crippen LogP contribution in [0.1, 0.15) is 5.69 Å². The number of hydrogen-bond acceptors (Lipinski definition) is 5. The summed E-state index contributed by atoms with van der Waals surface area (Å²) in [6.45, 7) is 0.316. The second-order valence-electron chi connectivity index (χ2n) is 3.04. The fraction of sp³-hybridized carbons (Fsp3) is 0.100. The fourth-order valence-electron chi connectivity index (χ4n) is 1.11. The molecule has 0 atom stereocenters. The van der Waals surface area contributed by atoms with Gasteiger partial charge in [0, 0.05) is 16.9 Å². The van der Waals surface area contributed by atoms with Crippen LogP contribution in [0.2, 0.25) is 0 Å². The number of nitrogens with two attached hydrogens (primary N) is 1. The van der Waals surface area contributed by atoms with Gasteiger partial charge >= 0.3 is 0 Å². The standard InChI is InChI=1S/C10H9BrN4O/c11-7-4-9(10(12)13-5-7)16-6-8-2-1-3-14-15-8/h1-5H,6H2,(H2,12,13). The van der Waals surface area contributed by atoms with E-state index in [1.165, 1.54) is 0 Å². The average Bonchev–Trinajstić information content (AvgIpc) is 2.32. The van der Waals surface area contributed by atoms with Gasteiger partial charge in [-0.3, -0.25) is 0 Å². The molecule has 0 saturated heterocycles. The molecule has 6 heteroatoms. The van der Waals surface area contributed by atoms with Gasteiger partial charge in [-0.05, 0) is 34.1 Å². The Morgan fingerprint density at radius 3 is 3.06 bits per heavy atom. The van der Waals surface area contributed by atoms with Gasteiger partial charge in [0.25, 0.3) is 0 Å². The summed E-state index contributed by atoms with van der Waals surface area (Å²) in [5.41, 5.74) is 6.40. The molecule has 82 valence electrons. The zero-order valence-electron chi connectivity index (χ0n) is 8.30. The van der Waals surface area contributed by atoms with Crippen LogP contribution in [0.15, 0.2) is 35.1 Å². The SMILES string of the molecule is Nc1ncc(Br)cc1OCc1cccnn1. The first kappa shape index (κ1) is 10.8. The molecular weight excluding hydrogens is 272 g/mol. The van der Waals surface area contributed by atoms with Gasteiger partial charge < -0.3 is 10.5 Å². The van der Waals surface area contributed by atoms with Crippen molar-refractivity contribution in [1.29, 1.82) is 0 Å². The minimum atomic E-state index is 0.316. The Bertz CT molecular complexity index is 478. The van der Waals surface area contributed by atoms with Crippen LogP contribution in [0.3, 0.4) is 0 Å². The van der Waals surface area contributed by atoms with E-state index in [2.05, 4.69) is 31.1 Å². The molecule has 0 fully saturated rings. The van der Waals surface area contributed by atoms with Gasteiger partial charge in [-0.25, -0.2) is 4.98 Å². The van der Waals surface area contributed by atoms with Gasteiger partial charge in [-0.1, -0.05) is 0 Å². The van der Waals surface area contributed by atoms with Gasteiger partial charge in [-0.15, -0.1) is 0 Å². The van der Waals surface area contributed by atoms with Crippen molar-refractivity contribution in [3.8, 4) is 5.75 Å². The normalized spacial score (nSPS) is 10.1. The summed E-state index contributed by atoms with van der Waals surface area (Å²) in [5, 5.41) is 7.65. The fourth-order valence-corrected chi connectivity index (χ4v) is 1.42. The van der Waals surface area contributed by atoms with Crippen molar-refractivity contribution in [2.75, 3.05) is 5.73 Å². The summed E-state index contributed by atoms with van der Waals surface area (Å²) < 4.78 is 6.30. The molecule has 2 rings (SSSR count). The highest BCUT2D eigenvalue weighted by Gasteiger charge is 2.03. The third kappa shape index (κ3) is 2.66. The first-order valence-corrected chi connectivity index (χ1v) is 5.35. The van der Waals surface area contributed by atoms with Crippen LogP contribution < -0.4 is 10.5 Å². The summed E-state index contributed by atoms with van der Waals surface area (Å²) in [6, 6.07) is 5.39. The number of rotatable bonds is 3. The maximum atomic E-state index is 5.66. The minimum Gasteiger partial charge on any atom is -0.483 e. The Morgan fingerprint density at radius 1 is 1.44 bits per heavy atom. The summed E-state index contributed by atoms with van der Waals surface area (Å²) in [5.74, 6) is 0.882. The number of anilines is 1. The van der Waals surface area contributed by atoms with E-state index in [1.807, 2.05) is 6.07 Å². The van der Waals surface area contributed by atoms with E-state index in [9.17, 15) is 0 Å². The van der Waals surface area contributed by atoms with Crippen molar-refractivity contribution in [3.63, 3.8) is 0 Å². The molecule has 5 nitrogen and oxygen atoms in total. The summed E-state index contributed by atoms with van der Waals surface area (Å²) in [7, 11) is 0. The monoisotopic (exact) mass is 280 g/mol. The second-order valence-corrected chi connectivity index (χ2v) is 3.96. The van der Waals surface area contributed by atoms with E-state index in [0.717, 1.165) is 10.2 Å². The van der Waals surface area contributed by atoms with Gasteiger partial charge in [0.1, 0.15) is 12.3 Å². The van der Waals surface area contributed by atoms with Crippen LogP contribution in [0.25, 0.3) is 0 Å². The average molecular weight is 281 g/mol. The van der Waals surface area contributed by atoms with Crippen molar-refractivity contribution in [2.24, 2.45) is 0 Å². The van der Waals surface area contributed by atoms with Crippen molar-refractivity contribution >= 4 is 21.7 Å². The Labute approximate surface area is 101 Å². The number of pyridine rings is 1. The number of nitrogens with zero attached hydrogens (tertiary/aromatic N) is 3. The third-order valence-corrected chi connectivity index (χ3v) is 2.29. The lowest BCUT2D eigenvalue weighted by Crippen LogP contribution is -2.02. The van der Waals surface area contributed by atoms with Gasteiger partial charge in [0.2, 0.25) is 0 Å². The predicted octanol–water partition coefficient (Wildman–Crippen LogP) is 1.80. The molecule has 0 spiro atoms. The maximum absolute atomic E-state index is 5.66. The molecule has 0 aliphatic rings. The van der Waals surface area contributed by atoms with E-state index < -0.39 is 0 Å². The highest BCUT2D eigenvalue weighted by Crippen LogP contribution is 2.23. The van der Waals surface area contributed by atoms with Crippen molar-refractivity contribution < 1.29 is 4.74 Å². The molecule has 0 unspecified atom stereocenters. The molecule has 0 aliphatic heterocycles. The largest absolute Gasteiger partial charge is 0.483 e. The molecule has 2 aromatic heterocycles. The Kier molecular flexibility index (Phi) is 3.31. The summed E-state index contributed by atoms with van der Waals surface area (Å²) in [4.78, 5) is 3.96. The predicted molar refractivity (Wildman–Crippen MR) is 62.7 cm³/mol.